The van der Waals surface area contributed by atoms with Crippen LogP contribution in [0.15, 0.2) is 57.9 Å². The van der Waals surface area contributed by atoms with Crippen molar-refractivity contribution in [2.45, 2.75) is 29.4 Å². The molecule has 1 heterocycles. The van der Waals surface area contributed by atoms with Gasteiger partial charge in [0.2, 0.25) is 5.91 Å². The summed E-state index contributed by atoms with van der Waals surface area (Å²) in [6, 6.07) is 16.3. The zero-order valence-electron chi connectivity index (χ0n) is 14.4. The fourth-order valence-electron chi connectivity index (χ4n) is 3.13. The van der Waals surface area contributed by atoms with Crippen LogP contribution in [0.5, 0.6) is 5.75 Å². The molecule has 0 saturated carbocycles. The van der Waals surface area contributed by atoms with Crippen LogP contribution in [-0.4, -0.2) is 36.3 Å². The Bertz CT molecular complexity index is 717. The average Bonchev–Trinajstić information content (AvgIpc) is 3.13. The molecule has 2 unspecified atom stereocenters. The molecule has 25 heavy (non-hydrogen) atoms. The van der Waals surface area contributed by atoms with Gasteiger partial charge in [-0.3, -0.25) is 4.79 Å². The van der Waals surface area contributed by atoms with Crippen molar-refractivity contribution in [1.29, 1.82) is 0 Å². The number of hydrogen-bond donors (Lipinski definition) is 0. The Morgan fingerprint density at radius 3 is 2.52 bits per heavy atom. The van der Waals surface area contributed by atoms with Crippen LogP contribution in [0.4, 0.5) is 0 Å². The Morgan fingerprint density at radius 1 is 1.20 bits per heavy atom. The average molecular weight is 420 g/mol. The van der Waals surface area contributed by atoms with E-state index in [-0.39, 0.29) is 11.2 Å². The van der Waals surface area contributed by atoms with Gasteiger partial charge in [-0.05, 0) is 55.3 Å². The van der Waals surface area contributed by atoms with Gasteiger partial charge < -0.3 is 9.64 Å². The molecule has 5 heteroatoms. The molecule has 1 saturated heterocycles. The fourth-order valence-corrected chi connectivity index (χ4v) is 4.35. The van der Waals surface area contributed by atoms with E-state index >= 15 is 0 Å². The molecule has 1 aliphatic heterocycles. The highest BCUT2D eigenvalue weighted by Crippen LogP contribution is 2.31. The number of likely N-dealkylation sites (tertiary alicyclic amines) is 1. The maximum absolute atomic E-state index is 12.8. The molecule has 2 aromatic rings. The standard InChI is InChI=1S/C20H22BrNO2S/c1-14(25-19-9-5-17(21)6-10-19)20(23)22-12-11-16(13-22)15-3-7-18(24-2)8-4-15/h3-10,14,16H,11-13H2,1-2H3. The van der Waals surface area contributed by atoms with Gasteiger partial charge in [0.25, 0.3) is 0 Å². The first-order valence-electron chi connectivity index (χ1n) is 8.42. The number of halogens is 1. The van der Waals surface area contributed by atoms with Crippen molar-refractivity contribution in [2.75, 3.05) is 20.2 Å². The minimum atomic E-state index is -0.0733. The molecule has 0 N–H and O–H groups in total. The normalized spacial score (nSPS) is 18.2. The molecule has 0 aromatic heterocycles. The maximum atomic E-state index is 12.8. The predicted octanol–water partition coefficient (Wildman–Crippen LogP) is 4.95. The molecule has 0 spiro atoms. The number of ether oxygens (including phenoxy) is 1. The van der Waals surface area contributed by atoms with Gasteiger partial charge in [-0.15, -0.1) is 11.8 Å². The van der Waals surface area contributed by atoms with Crippen molar-refractivity contribution in [3.63, 3.8) is 0 Å². The van der Waals surface area contributed by atoms with E-state index in [1.807, 2.05) is 48.2 Å². The number of hydrogen-bond acceptors (Lipinski definition) is 3. The van der Waals surface area contributed by atoms with E-state index in [0.717, 1.165) is 34.6 Å². The highest BCUT2D eigenvalue weighted by molar-refractivity contribution is 9.10. The van der Waals surface area contributed by atoms with Crippen LogP contribution in [0.3, 0.4) is 0 Å². The summed E-state index contributed by atoms with van der Waals surface area (Å²) in [5.74, 6) is 1.51. The lowest BCUT2D eigenvalue weighted by Gasteiger charge is -2.21. The third-order valence-corrected chi connectivity index (χ3v) is 6.19. The van der Waals surface area contributed by atoms with Crippen LogP contribution < -0.4 is 4.74 Å². The zero-order valence-corrected chi connectivity index (χ0v) is 16.8. The Hall–Kier alpha value is -1.46. The molecule has 1 fully saturated rings. The third-order valence-electron chi connectivity index (χ3n) is 4.56. The summed E-state index contributed by atoms with van der Waals surface area (Å²) in [6.07, 6.45) is 1.02. The molecule has 3 rings (SSSR count). The van der Waals surface area contributed by atoms with Crippen molar-refractivity contribution < 1.29 is 9.53 Å². The number of amides is 1. The van der Waals surface area contributed by atoms with Crippen LogP contribution >= 0.6 is 27.7 Å². The van der Waals surface area contributed by atoms with Gasteiger partial charge in [0.1, 0.15) is 5.75 Å². The first-order valence-corrected chi connectivity index (χ1v) is 10.1. The Labute approximate surface area is 161 Å². The third kappa shape index (κ3) is 4.59. The van der Waals surface area contributed by atoms with E-state index in [4.69, 9.17) is 4.74 Å². The monoisotopic (exact) mass is 419 g/mol. The fraction of sp³-hybridized carbons (Fsp3) is 0.350. The maximum Gasteiger partial charge on any atom is 0.235 e. The minimum Gasteiger partial charge on any atom is -0.497 e. The number of methoxy groups -OCH3 is 1. The molecule has 0 aliphatic carbocycles. The number of rotatable bonds is 5. The van der Waals surface area contributed by atoms with Gasteiger partial charge >= 0.3 is 0 Å². The van der Waals surface area contributed by atoms with E-state index in [2.05, 4.69) is 28.1 Å². The van der Waals surface area contributed by atoms with Crippen molar-refractivity contribution >= 4 is 33.6 Å². The van der Waals surface area contributed by atoms with E-state index in [1.54, 1.807) is 18.9 Å². The van der Waals surface area contributed by atoms with Gasteiger partial charge in [-0.1, -0.05) is 28.1 Å². The Kier molecular flexibility index (Phi) is 6.07. The summed E-state index contributed by atoms with van der Waals surface area (Å²) < 4.78 is 6.27. The minimum absolute atomic E-state index is 0.0733. The van der Waals surface area contributed by atoms with Gasteiger partial charge in [0.05, 0.1) is 12.4 Å². The first-order chi connectivity index (χ1) is 12.1. The smallest absolute Gasteiger partial charge is 0.235 e. The van der Waals surface area contributed by atoms with Crippen LogP contribution in [0, 0.1) is 0 Å². The summed E-state index contributed by atoms with van der Waals surface area (Å²) in [6.45, 7) is 3.63. The number of benzene rings is 2. The van der Waals surface area contributed by atoms with Crippen molar-refractivity contribution in [1.82, 2.24) is 4.90 Å². The molecule has 2 atom stereocenters. The number of nitrogens with zero attached hydrogens (tertiary/aromatic N) is 1. The Balaban J connectivity index is 1.58. The summed E-state index contributed by atoms with van der Waals surface area (Å²) in [5, 5.41) is -0.0733. The van der Waals surface area contributed by atoms with Crippen LogP contribution in [0.25, 0.3) is 0 Å². The second-order valence-electron chi connectivity index (χ2n) is 6.26. The van der Waals surface area contributed by atoms with Gasteiger partial charge in [-0.25, -0.2) is 0 Å². The molecular formula is C20H22BrNO2S. The van der Waals surface area contributed by atoms with Crippen LogP contribution in [0.1, 0.15) is 24.8 Å². The van der Waals surface area contributed by atoms with Crippen molar-refractivity contribution in [2.24, 2.45) is 0 Å². The van der Waals surface area contributed by atoms with Crippen LogP contribution in [0.2, 0.25) is 0 Å². The highest BCUT2D eigenvalue weighted by Gasteiger charge is 2.30. The summed E-state index contributed by atoms with van der Waals surface area (Å²) in [4.78, 5) is 15.9. The molecule has 0 bridgehead atoms. The van der Waals surface area contributed by atoms with Crippen molar-refractivity contribution in [3.05, 3.63) is 58.6 Å². The molecule has 3 nitrogen and oxygen atoms in total. The van der Waals surface area contributed by atoms with Gasteiger partial charge in [-0.2, -0.15) is 0 Å². The highest BCUT2D eigenvalue weighted by atomic mass is 79.9. The number of carbonyl (C=O) groups excluding carboxylic acids is 1. The molecular weight excluding hydrogens is 398 g/mol. The van der Waals surface area contributed by atoms with E-state index in [9.17, 15) is 4.79 Å². The molecule has 1 amide bonds. The van der Waals surface area contributed by atoms with E-state index < -0.39 is 0 Å². The number of carbonyl (C=O) groups is 1. The molecule has 0 radical (unpaired) electrons. The SMILES string of the molecule is COc1ccc(C2CCN(C(=O)C(C)Sc3ccc(Br)cc3)C2)cc1. The van der Waals surface area contributed by atoms with Crippen LogP contribution in [-0.2, 0) is 4.79 Å². The first kappa shape index (κ1) is 18.3. The van der Waals surface area contributed by atoms with Crippen molar-refractivity contribution in [3.8, 4) is 5.75 Å². The lowest BCUT2D eigenvalue weighted by Crippen LogP contribution is -2.34. The lowest BCUT2D eigenvalue weighted by molar-refractivity contribution is -0.129. The number of thioether (sulfide) groups is 1. The largest absolute Gasteiger partial charge is 0.497 e. The molecule has 132 valence electrons. The second-order valence-corrected chi connectivity index (χ2v) is 8.59. The summed E-state index contributed by atoms with van der Waals surface area (Å²) in [5.41, 5.74) is 1.28. The van der Waals surface area contributed by atoms with E-state index in [1.165, 1.54) is 5.56 Å². The zero-order chi connectivity index (χ0) is 17.8. The summed E-state index contributed by atoms with van der Waals surface area (Å²) in [7, 11) is 1.68. The lowest BCUT2D eigenvalue weighted by atomic mass is 9.98. The molecule has 2 aromatic carbocycles. The topological polar surface area (TPSA) is 29.5 Å². The van der Waals surface area contributed by atoms with Gasteiger partial charge in [0.15, 0.2) is 0 Å². The second kappa shape index (κ2) is 8.28. The van der Waals surface area contributed by atoms with E-state index in [0.29, 0.717) is 5.92 Å². The summed E-state index contributed by atoms with van der Waals surface area (Å²) >= 11 is 5.06. The Morgan fingerprint density at radius 2 is 1.88 bits per heavy atom. The molecule has 1 aliphatic rings. The van der Waals surface area contributed by atoms with Gasteiger partial charge in [0, 0.05) is 28.4 Å². The predicted molar refractivity (Wildman–Crippen MR) is 106 cm³/mol. The quantitative estimate of drug-likeness (QED) is 0.641.